The third-order valence-corrected chi connectivity index (χ3v) is 6.06. The largest absolute Gasteiger partial charge is 0.495 e. The summed E-state index contributed by atoms with van der Waals surface area (Å²) in [7, 11) is 1.71. The topological polar surface area (TPSA) is 52.4 Å². The third-order valence-electron chi connectivity index (χ3n) is 5.00. The van der Waals surface area contributed by atoms with Crippen LogP contribution in [0.15, 0.2) is 29.4 Å². The Bertz CT molecular complexity index is 724. The van der Waals surface area contributed by atoms with Gasteiger partial charge >= 0.3 is 0 Å². The molecule has 26 heavy (non-hydrogen) atoms. The molecule has 0 N–H and O–H groups in total. The minimum absolute atomic E-state index is 0.321. The van der Waals surface area contributed by atoms with Crippen molar-refractivity contribution in [3.05, 3.63) is 24.3 Å². The molecule has 0 spiro atoms. The summed E-state index contributed by atoms with van der Waals surface area (Å²) in [5.41, 5.74) is 0.996. The number of aromatic nitrogens is 3. The van der Waals surface area contributed by atoms with Crippen LogP contribution in [0.3, 0.4) is 0 Å². The van der Waals surface area contributed by atoms with Gasteiger partial charge in [0.05, 0.1) is 18.9 Å². The molecule has 1 aromatic heterocycles. The van der Waals surface area contributed by atoms with Gasteiger partial charge < -0.3 is 14.4 Å². The molecular weight excluding hydrogens is 348 g/mol. The maximum atomic E-state index is 5.77. The van der Waals surface area contributed by atoms with Gasteiger partial charge in [0, 0.05) is 25.4 Å². The standard InChI is InChI=1S/C19H26N4O2S/c1-24-17-10-4-3-9-16(17)23-18(22-11-5-2-6-12-22)20-21-19(23)26-14-15-8-7-13-25-15/h3-4,9-10,15H,2,5-8,11-14H2,1H3/t15-/m1/s1. The SMILES string of the molecule is COc1ccccc1-n1c(SC[C@H]2CCCO2)nnc1N1CCCCC1. The van der Waals surface area contributed by atoms with Gasteiger partial charge in [0.25, 0.3) is 0 Å². The van der Waals surface area contributed by atoms with E-state index in [1.54, 1.807) is 18.9 Å². The lowest BCUT2D eigenvalue weighted by Crippen LogP contribution is -2.31. The summed E-state index contributed by atoms with van der Waals surface area (Å²) < 4.78 is 13.5. The van der Waals surface area contributed by atoms with Gasteiger partial charge in [-0.25, -0.2) is 0 Å². The van der Waals surface area contributed by atoms with Crippen molar-refractivity contribution in [2.45, 2.75) is 43.4 Å². The van der Waals surface area contributed by atoms with Crippen molar-refractivity contribution in [3.63, 3.8) is 0 Å². The van der Waals surface area contributed by atoms with E-state index >= 15 is 0 Å². The lowest BCUT2D eigenvalue weighted by molar-refractivity contribution is 0.129. The lowest BCUT2D eigenvalue weighted by atomic mass is 10.1. The Morgan fingerprint density at radius 1 is 1.15 bits per heavy atom. The fourth-order valence-electron chi connectivity index (χ4n) is 3.62. The first-order chi connectivity index (χ1) is 12.9. The second-order valence-electron chi connectivity index (χ2n) is 6.78. The molecule has 3 heterocycles. The van der Waals surface area contributed by atoms with E-state index < -0.39 is 0 Å². The minimum Gasteiger partial charge on any atom is -0.495 e. The number of hydrogen-bond acceptors (Lipinski definition) is 6. The average Bonchev–Trinajstić information content (AvgIpc) is 3.36. The number of anilines is 1. The highest BCUT2D eigenvalue weighted by molar-refractivity contribution is 7.99. The Morgan fingerprint density at radius 3 is 2.77 bits per heavy atom. The molecule has 0 unspecified atom stereocenters. The number of methoxy groups -OCH3 is 1. The summed E-state index contributed by atoms with van der Waals surface area (Å²) >= 11 is 1.73. The van der Waals surface area contributed by atoms with Crippen LogP contribution < -0.4 is 9.64 Å². The summed E-state index contributed by atoms with van der Waals surface area (Å²) in [5, 5.41) is 9.99. The first-order valence-electron chi connectivity index (χ1n) is 9.45. The highest BCUT2D eigenvalue weighted by atomic mass is 32.2. The van der Waals surface area contributed by atoms with Crippen LogP contribution in [0.25, 0.3) is 5.69 Å². The van der Waals surface area contributed by atoms with Gasteiger partial charge in [-0.2, -0.15) is 0 Å². The van der Waals surface area contributed by atoms with Crippen molar-refractivity contribution in [3.8, 4) is 11.4 Å². The van der Waals surface area contributed by atoms with E-state index in [1.807, 2.05) is 18.2 Å². The van der Waals surface area contributed by atoms with Gasteiger partial charge in [-0.05, 0) is 44.2 Å². The Kier molecular flexibility index (Phi) is 5.65. The fourth-order valence-corrected chi connectivity index (χ4v) is 4.63. The molecule has 0 amide bonds. The summed E-state index contributed by atoms with van der Waals surface area (Å²) in [6.45, 7) is 2.94. The number of hydrogen-bond donors (Lipinski definition) is 0. The number of benzene rings is 1. The molecule has 0 saturated carbocycles. The van der Waals surface area contributed by atoms with E-state index in [9.17, 15) is 0 Å². The predicted octanol–water partition coefficient (Wildman–Crippen LogP) is 3.54. The van der Waals surface area contributed by atoms with Crippen LogP contribution in [0.4, 0.5) is 5.95 Å². The zero-order valence-electron chi connectivity index (χ0n) is 15.3. The van der Waals surface area contributed by atoms with Gasteiger partial charge in [0.15, 0.2) is 5.16 Å². The van der Waals surface area contributed by atoms with Crippen LogP contribution in [0.1, 0.15) is 32.1 Å². The number of nitrogens with zero attached hydrogens (tertiary/aromatic N) is 4. The molecule has 2 aromatic rings. The highest BCUT2D eigenvalue weighted by Crippen LogP contribution is 2.33. The van der Waals surface area contributed by atoms with E-state index in [1.165, 1.54) is 19.3 Å². The molecule has 7 heteroatoms. The molecular formula is C19H26N4O2S. The maximum Gasteiger partial charge on any atom is 0.232 e. The van der Waals surface area contributed by atoms with E-state index in [4.69, 9.17) is 9.47 Å². The molecule has 140 valence electrons. The van der Waals surface area contributed by atoms with Gasteiger partial charge in [-0.3, -0.25) is 4.57 Å². The Labute approximate surface area is 158 Å². The Hall–Kier alpha value is -1.73. The zero-order chi connectivity index (χ0) is 17.8. The summed E-state index contributed by atoms with van der Waals surface area (Å²) in [6.07, 6.45) is 6.31. The molecule has 0 radical (unpaired) electrons. The summed E-state index contributed by atoms with van der Waals surface area (Å²) in [6, 6.07) is 8.09. The van der Waals surface area contributed by atoms with Gasteiger partial charge in [0.2, 0.25) is 5.95 Å². The van der Waals surface area contributed by atoms with Crippen LogP contribution in [-0.2, 0) is 4.74 Å². The first kappa shape index (κ1) is 17.7. The van der Waals surface area contributed by atoms with Crippen molar-refractivity contribution in [1.29, 1.82) is 0 Å². The van der Waals surface area contributed by atoms with E-state index in [2.05, 4.69) is 25.7 Å². The van der Waals surface area contributed by atoms with Gasteiger partial charge in [-0.15, -0.1) is 10.2 Å². The number of rotatable bonds is 6. The monoisotopic (exact) mass is 374 g/mol. The van der Waals surface area contributed by atoms with E-state index in [0.717, 1.165) is 60.8 Å². The van der Waals surface area contributed by atoms with Crippen molar-refractivity contribution in [2.24, 2.45) is 0 Å². The van der Waals surface area contributed by atoms with Gasteiger partial charge in [0.1, 0.15) is 5.75 Å². The van der Waals surface area contributed by atoms with Gasteiger partial charge in [-0.1, -0.05) is 23.9 Å². The molecule has 2 saturated heterocycles. The number of ether oxygens (including phenoxy) is 2. The second-order valence-corrected chi connectivity index (χ2v) is 7.77. The summed E-state index contributed by atoms with van der Waals surface area (Å²) in [4.78, 5) is 2.35. The average molecular weight is 375 g/mol. The minimum atomic E-state index is 0.321. The number of piperidine rings is 1. The van der Waals surface area contributed by atoms with E-state index in [-0.39, 0.29) is 0 Å². The zero-order valence-corrected chi connectivity index (χ0v) is 16.1. The van der Waals surface area contributed by atoms with Crippen LogP contribution in [0.5, 0.6) is 5.75 Å². The Morgan fingerprint density at radius 2 is 2.00 bits per heavy atom. The predicted molar refractivity (Wildman–Crippen MR) is 104 cm³/mol. The number of thioether (sulfide) groups is 1. The smallest absolute Gasteiger partial charge is 0.232 e. The second kappa shape index (κ2) is 8.31. The molecule has 2 aliphatic heterocycles. The highest BCUT2D eigenvalue weighted by Gasteiger charge is 2.24. The van der Waals surface area contributed by atoms with E-state index in [0.29, 0.717) is 6.10 Å². The van der Waals surface area contributed by atoms with Crippen LogP contribution in [0, 0.1) is 0 Å². The van der Waals surface area contributed by atoms with Crippen molar-refractivity contribution < 1.29 is 9.47 Å². The Balaban J connectivity index is 1.67. The van der Waals surface area contributed by atoms with Crippen LogP contribution >= 0.6 is 11.8 Å². The fraction of sp³-hybridized carbons (Fsp3) is 0.579. The third kappa shape index (κ3) is 3.69. The van der Waals surface area contributed by atoms with Crippen LogP contribution in [0.2, 0.25) is 0 Å². The first-order valence-corrected chi connectivity index (χ1v) is 10.4. The van der Waals surface area contributed by atoms with Crippen molar-refractivity contribution in [1.82, 2.24) is 14.8 Å². The normalized spacial score (nSPS) is 20.5. The van der Waals surface area contributed by atoms with Crippen molar-refractivity contribution in [2.75, 3.05) is 37.5 Å². The van der Waals surface area contributed by atoms with Crippen molar-refractivity contribution >= 4 is 17.7 Å². The quantitative estimate of drug-likeness (QED) is 0.721. The molecule has 2 aliphatic rings. The molecule has 6 nitrogen and oxygen atoms in total. The molecule has 2 fully saturated rings. The summed E-state index contributed by atoms with van der Waals surface area (Å²) in [5.74, 6) is 2.67. The maximum absolute atomic E-state index is 5.77. The molecule has 0 bridgehead atoms. The molecule has 1 atom stereocenters. The number of para-hydroxylation sites is 2. The van der Waals surface area contributed by atoms with Crippen LogP contribution in [-0.4, -0.2) is 53.4 Å². The molecule has 1 aromatic carbocycles. The molecule has 0 aliphatic carbocycles. The molecule has 4 rings (SSSR count). The lowest BCUT2D eigenvalue weighted by Gasteiger charge is -2.28.